The van der Waals surface area contributed by atoms with E-state index in [0.29, 0.717) is 6.04 Å². The molecule has 2 heterocycles. The topological polar surface area (TPSA) is 41.1 Å². The highest BCUT2D eigenvalue weighted by atomic mass is 15.3. The van der Waals surface area contributed by atoms with Crippen LogP contribution in [0.3, 0.4) is 0 Å². The van der Waals surface area contributed by atoms with E-state index in [1.807, 2.05) is 13.1 Å². The van der Waals surface area contributed by atoms with Crippen LogP contribution >= 0.6 is 0 Å². The first-order valence-corrected chi connectivity index (χ1v) is 4.58. The van der Waals surface area contributed by atoms with Crippen LogP contribution in [0.5, 0.6) is 0 Å². The Balaban J connectivity index is 2.08. The smallest absolute Gasteiger partial charge is 0.225 e. The molecule has 1 aromatic heterocycles. The van der Waals surface area contributed by atoms with E-state index in [9.17, 15) is 0 Å². The Morgan fingerprint density at radius 1 is 1.46 bits per heavy atom. The lowest BCUT2D eigenvalue weighted by Crippen LogP contribution is -2.34. The second kappa shape index (κ2) is 3.70. The van der Waals surface area contributed by atoms with Gasteiger partial charge in [0.25, 0.3) is 0 Å². The lowest BCUT2D eigenvalue weighted by Gasteiger charge is -2.23. The van der Waals surface area contributed by atoms with Crippen molar-refractivity contribution in [2.24, 2.45) is 0 Å². The molecule has 0 aliphatic carbocycles. The van der Waals surface area contributed by atoms with Gasteiger partial charge in [0.15, 0.2) is 0 Å². The fourth-order valence-corrected chi connectivity index (χ4v) is 1.61. The van der Waals surface area contributed by atoms with Gasteiger partial charge in [-0.15, -0.1) is 0 Å². The molecule has 4 heteroatoms. The predicted molar refractivity (Wildman–Crippen MR) is 51.7 cm³/mol. The normalized spacial score (nSPS) is 21.8. The van der Waals surface area contributed by atoms with Crippen molar-refractivity contribution in [2.45, 2.75) is 12.5 Å². The zero-order valence-corrected chi connectivity index (χ0v) is 7.77. The van der Waals surface area contributed by atoms with E-state index in [-0.39, 0.29) is 0 Å². The van der Waals surface area contributed by atoms with E-state index in [0.717, 1.165) is 19.0 Å². The zero-order valence-electron chi connectivity index (χ0n) is 7.77. The summed E-state index contributed by atoms with van der Waals surface area (Å²) >= 11 is 0. The highest BCUT2D eigenvalue weighted by Gasteiger charge is 2.20. The molecule has 1 fully saturated rings. The van der Waals surface area contributed by atoms with E-state index in [4.69, 9.17) is 0 Å². The van der Waals surface area contributed by atoms with Gasteiger partial charge >= 0.3 is 0 Å². The molecule has 1 aliphatic rings. The second-order valence-corrected chi connectivity index (χ2v) is 3.31. The highest BCUT2D eigenvalue weighted by Crippen LogP contribution is 2.11. The van der Waals surface area contributed by atoms with E-state index in [2.05, 4.69) is 20.2 Å². The Morgan fingerprint density at radius 2 is 2.23 bits per heavy atom. The minimum atomic E-state index is 0.544. The van der Waals surface area contributed by atoms with Gasteiger partial charge in [-0.3, -0.25) is 0 Å². The molecule has 0 aromatic carbocycles. The Bertz CT molecular complexity index is 256. The van der Waals surface area contributed by atoms with Crippen LogP contribution in [0.25, 0.3) is 0 Å². The molecule has 0 spiro atoms. The van der Waals surface area contributed by atoms with Crippen LogP contribution < -0.4 is 10.2 Å². The maximum absolute atomic E-state index is 4.21. The fourth-order valence-electron chi connectivity index (χ4n) is 1.61. The van der Waals surface area contributed by atoms with Crippen molar-refractivity contribution >= 4 is 5.95 Å². The number of likely N-dealkylation sites (N-methyl/N-ethyl adjacent to an activating group) is 1. The summed E-state index contributed by atoms with van der Waals surface area (Å²) in [6, 6.07) is 2.38. The van der Waals surface area contributed by atoms with Gasteiger partial charge in [0.2, 0.25) is 5.95 Å². The van der Waals surface area contributed by atoms with Crippen molar-refractivity contribution in [3.05, 3.63) is 18.5 Å². The molecule has 1 aliphatic heterocycles. The minimum Gasteiger partial charge on any atom is -0.340 e. The average Bonchev–Trinajstić information content (AvgIpc) is 2.71. The molecular weight excluding hydrogens is 164 g/mol. The maximum Gasteiger partial charge on any atom is 0.225 e. The minimum absolute atomic E-state index is 0.544. The summed E-state index contributed by atoms with van der Waals surface area (Å²) in [4.78, 5) is 10.6. The molecule has 70 valence electrons. The van der Waals surface area contributed by atoms with Gasteiger partial charge in [-0.1, -0.05) is 0 Å². The number of rotatable bonds is 2. The molecule has 1 aromatic rings. The Kier molecular flexibility index (Phi) is 2.40. The lowest BCUT2D eigenvalue weighted by molar-refractivity contribution is 0.668. The lowest BCUT2D eigenvalue weighted by atomic mass is 10.2. The van der Waals surface area contributed by atoms with Crippen LogP contribution in [0.4, 0.5) is 5.95 Å². The van der Waals surface area contributed by atoms with Gasteiger partial charge in [0.05, 0.1) is 0 Å². The summed E-state index contributed by atoms with van der Waals surface area (Å²) < 4.78 is 0. The SMILES string of the molecule is CN(c1ncccn1)[C@@H]1CCNC1. The Morgan fingerprint density at radius 3 is 2.85 bits per heavy atom. The van der Waals surface area contributed by atoms with Gasteiger partial charge in [0, 0.05) is 32.0 Å². The third-order valence-electron chi connectivity index (χ3n) is 2.45. The Labute approximate surface area is 78.0 Å². The van der Waals surface area contributed by atoms with E-state index in [1.54, 1.807) is 12.4 Å². The van der Waals surface area contributed by atoms with Crippen molar-refractivity contribution in [1.82, 2.24) is 15.3 Å². The van der Waals surface area contributed by atoms with Crippen molar-refractivity contribution in [3.63, 3.8) is 0 Å². The monoisotopic (exact) mass is 178 g/mol. The number of nitrogens with one attached hydrogen (secondary N) is 1. The highest BCUT2D eigenvalue weighted by molar-refractivity contribution is 5.29. The predicted octanol–water partition coefficient (Wildman–Crippen LogP) is 0.275. The molecular formula is C9H14N4. The number of nitrogens with zero attached hydrogens (tertiary/aromatic N) is 3. The first kappa shape index (κ1) is 8.44. The van der Waals surface area contributed by atoms with Crippen molar-refractivity contribution in [2.75, 3.05) is 25.0 Å². The summed E-state index contributed by atoms with van der Waals surface area (Å²) in [7, 11) is 2.05. The van der Waals surface area contributed by atoms with Gasteiger partial charge in [0.1, 0.15) is 0 Å². The molecule has 1 N–H and O–H groups in total. The van der Waals surface area contributed by atoms with Crippen LogP contribution in [-0.4, -0.2) is 36.1 Å². The van der Waals surface area contributed by atoms with Crippen molar-refractivity contribution < 1.29 is 0 Å². The van der Waals surface area contributed by atoms with E-state index < -0.39 is 0 Å². The van der Waals surface area contributed by atoms with Crippen LogP contribution in [0, 0.1) is 0 Å². The van der Waals surface area contributed by atoms with Crippen molar-refractivity contribution in [3.8, 4) is 0 Å². The van der Waals surface area contributed by atoms with Gasteiger partial charge in [-0.05, 0) is 19.0 Å². The molecule has 0 saturated carbocycles. The number of hydrogen-bond acceptors (Lipinski definition) is 4. The second-order valence-electron chi connectivity index (χ2n) is 3.31. The third kappa shape index (κ3) is 1.78. The quantitative estimate of drug-likeness (QED) is 0.706. The summed E-state index contributed by atoms with van der Waals surface area (Å²) in [6.45, 7) is 2.14. The van der Waals surface area contributed by atoms with E-state index in [1.165, 1.54) is 6.42 Å². The number of anilines is 1. The third-order valence-corrected chi connectivity index (χ3v) is 2.45. The summed E-state index contributed by atoms with van der Waals surface area (Å²) in [5.74, 6) is 0.816. The molecule has 0 amide bonds. The molecule has 0 bridgehead atoms. The maximum atomic E-state index is 4.21. The van der Waals surface area contributed by atoms with Crippen LogP contribution in [-0.2, 0) is 0 Å². The average molecular weight is 178 g/mol. The first-order valence-electron chi connectivity index (χ1n) is 4.58. The number of aromatic nitrogens is 2. The van der Waals surface area contributed by atoms with Gasteiger partial charge in [-0.2, -0.15) is 0 Å². The first-order chi connectivity index (χ1) is 6.38. The summed E-state index contributed by atoms with van der Waals surface area (Å²) in [5, 5.41) is 3.33. The van der Waals surface area contributed by atoms with Gasteiger partial charge < -0.3 is 10.2 Å². The summed E-state index contributed by atoms with van der Waals surface area (Å²) in [5.41, 5.74) is 0. The summed E-state index contributed by atoms with van der Waals surface area (Å²) in [6.07, 6.45) is 4.73. The molecule has 4 nitrogen and oxygen atoms in total. The van der Waals surface area contributed by atoms with Crippen LogP contribution in [0.1, 0.15) is 6.42 Å². The number of hydrogen-bond donors (Lipinski definition) is 1. The van der Waals surface area contributed by atoms with Crippen LogP contribution in [0.2, 0.25) is 0 Å². The molecule has 2 rings (SSSR count). The fraction of sp³-hybridized carbons (Fsp3) is 0.556. The largest absolute Gasteiger partial charge is 0.340 e. The standard InChI is InChI=1S/C9H14N4/c1-13(8-3-6-10-7-8)9-11-4-2-5-12-9/h2,4-5,8,10H,3,6-7H2,1H3/t8-/m1/s1. The van der Waals surface area contributed by atoms with E-state index >= 15 is 0 Å². The molecule has 0 unspecified atom stereocenters. The Hall–Kier alpha value is -1.16. The van der Waals surface area contributed by atoms with Crippen molar-refractivity contribution in [1.29, 1.82) is 0 Å². The van der Waals surface area contributed by atoms with Gasteiger partial charge in [-0.25, -0.2) is 9.97 Å². The molecule has 1 atom stereocenters. The molecule has 13 heavy (non-hydrogen) atoms. The van der Waals surface area contributed by atoms with Crippen LogP contribution in [0.15, 0.2) is 18.5 Å². The molecule has 0 radical (unpaired) electrons. The zero-order chi connectivity index (χ0) is 9.10. The molecule has 1 saturated heterocycles.